The van der Waals surface area contributed by atoms with E-state index in [1.807, 2.05) is 0 Å². The summed E-state index contributed by atoms with van der Waals surface area (Å²) in [6.45, 7) is 3.40. The van der Waals surface area contributed by atoms with Gasteiger partial charge in [-0.1, -0.05) is 19.1 Å². The van der Waals surface area contributed by atoms with E-state index in [0.717, 1.165) is 6.07 Å². The van der Waals surface area contributed by atoms with E-state index in [4.69, 9.17) is 5.11 Å². The summed E-state index contributed by atoms with van der Waals surface area (Å²) in [6, 6.07) is 4.12. The molecule has 14 heavy (non-hydrogen) atoms. The van der Waals surface area contributed by atoms with Crippen molar-refractivity contribution in [2.75, 3.05) is 0 Å². The average molecular weight is 200 g/mol. The molecule has 1 N–H and O–H groups in total. The van der Waals surface area contributed by atoms with Crippen LogP contribution in [0.1, 0.15) is 31.7 Å². The molecule has 0 spiro atoms. The normalized spacial score (nSPS) is 15.2. The van der Waals surface area contributed by atoms with Gasteiger partial charge in [-0.3, -0.25) is 0 Å². The van der Waals surface area contributed by atoms with Crippen molar-refractivity contribution >= 4 is 0 Å². The molecule has 0 amide bonds. The zero-order valence-electron chi connectivity index (χ0n) is 8.30. The van der Waals surface area contributed by atoms with Gasteiger partial charge in [0.2, 0.25) is 0 Å². The van der Waals surface area contributed by atoms with Crippen LogP contribution in [-0.2, 0) is 0 Å². The lowest BCUT2D eigenvalue weighted by molar-refractivity contribution is 0.176. The van der Waals surface area contributed by atoms with Gasteiger partial charge in [0.05, 0.1) is 6.10 Å². The first-order chi connectivity index (χ1) is 6.52. The van der Waals surface area contributed by atoms with Crippen molar-refractivity contribution in [1.82, 2.24) is 0 Å². The summed E-state index contributed by atoms with van der Waals surface area (Å²) >= 11 is 0. The fourth-order valence-electron chi connectivity index (χ4n) is 1.54. The van der Waals surface area contributed by atoms with E-state index < -0.39 is 17.7 Å². The molecule has 0 saturated heterocycles. The Morgan fingerprint density at radius 2 is 1.93 bits per heavy atom. The van der Waals surface area contributed by atoms with Crippen molar-refractivity contribution in [3.63, 3.8) is 0 Å². The van der Waals surface area contributed by atoms with Crippen LogP contribution in [0.4, 0.5) is 8.78 Å². The topological polar surface area (TPSA) is 20.2 Å². The molecule has 0 aromatic heterocycles. The van der Waals surface area contributed by atoms with Gasteiger partial charge < -0.3 is 5.11 Å². The van der Waals surface area contributed by atoms with Crippen LogP contribution in [0.5, 0.6) is 0 Å². The highest BCUT2D eigenvalue weighted by atomic mass is 19.2. The Bertz CT molecular complexity index is 310. The maximum Gasteiger partial charge on any atom is 0.162 e. The lowest BCUT2D eigenvalue weighted by atomic mass is 9.95. The number of rotatable bonds is 3. The molecule has 2 atom stereocenters. The summed E-state index contributed by atoms with van der Waals surface area (Å²) in [7, 11) is 0. The molecule has 0 fully saturated rings. The third-order valence-electron chi connectivity index (χ3n) is 2.21. The predicted molar refractivity (Wildman–Crippen MR) is 51.1 cm³/mol. The first kappa shape index (κ1) is 11.1. The second-order valence-corrected chi connectivity index (χ2v) is 3.63. The summed E-state index contributed by atoms with van der Waals surface area (Å²) < 4.78 is 26.1. The summed E-state index contributed by atoms with van der Waals surface area (Å²) in [6.07, 6.45) is -0.0759. The molecule has 1 aromatic carbocycles. The Morgan fingerprint density at radius 3 is 2.50 bits per heavy atom. The highest BCUT2D eigenvalue weighted by Gasteiger charge is 2.15. The molecule has 1 rings (SSSR count). The Kier molecular flexibility index (Phi) is 3.58. The van der Waals surface area contributed by atoms with Gasteiger partial charge in [0, 0.05) is 0 Å². The molecule has 0 heterocycles. The molecule has 3 heteroatoms. The minimum absolute atomic E-state index is 0.175. The van der Waals surface area contributed by atoms with E-state index in [1.54, 1.807) is 19.9 Å². The van der Waals surface area contributed by atoms with Crippen molar-refractivity contribution in [2.45, 2.75) is 32.3 Å². The van der Waals surface area contributed by atoms with E-state index in [2.05, 4.69) is 0 Å². The quantitative estimate of drug-likeness (QED) is 0.795. The number of hydrogen-bond acceptors (Lipinski definition) is 1. The van der Waals surface area contributed by atoms with Gasteiger partial charge in [-0.25, -0.2) is 8.78 Å². The summed E-state index contributed by atoms with van der Waals surface area (Å²) in [5.74, 6) is -1.81. The lowest BCUT2D eigenvalue weighted by Crippen LogP contribution is -2.08. The molecule has 0 radical (unpaired) electrons. The van der Waals surface area contributed by atoms with Gasteiger partial charge in [0.15, 0.2) is 11.6 Å². The van der Waals surface area contributed by atoms with Crippen LogP contribution >= 0.6 is 0 Å². The molecule has 2 unspecified atom stereocenters. The number of halogens is 2. The molecule has 0 bridgehead atoms. The van der Waals surface area contributed by atoms with Crippen LogP contribution in [0.3, 0.4) is 0 Å². The average Bonchev–Trinajstić information content (AvgIpc) is 2.08. The third kappa shape index (κ3) is 2.51. The number of aliphatic hydroxyl groups excluding tert-OH is 1. The Hall–Kier alpha value is -0.960. The first-order valence-corrected chi connectivity index (χ1v) is 4.64. The molecule has 78 valence electrons. The minimum Gasteiger partial charge on any atom is -0.393 e. The number of aliphatic hydroxyl groups is 1. The van der Waals surface area contributed by atoms with Crippen LogP contribution in [0, 0.1) is 11.6 Å². The van der Waals surface area contributed by atoms with E-state index in [9.17, 15) is 8.78 Å². The maximum absolute atomic E-state index is 13.2. The standard InChI is InChI=1S/C11H14F2O/c1-7(6-8(2)14)9-4-3-5-10(12)11(9)13/h3-5,7-8,14H,6H2,1-2H3. The smallest absolute Gasteiger partial charge is 0.162 e. The molecular formula is C11H14F2O. The molecule has 0 aliphatic heterocycles. The van der Waals surface area contributed by atoms with Crippen molar-refractivity contribution in [3.8, 4) is 0 Å². The van der Waals surface area contributed by atoms with Crippen molar-refractivity contribution in [3.05, 3.63) is 35.4 Å². The summed E-state index contributed by atoms with van der Waals surface area (Å²) in [5, 5.41) is 9.13. The van der Waals surface area contributed by atoms with E-state index in [0.29, 0.717) is 12.0 Å². The van der Waals surface area contributed by atoms with Crippen molar-refractivity contribution < 1.29 is 13.9 Å². The second kappa shape index (κ2) is 4.51. The third-order valence-corrected chi connectivity index (χ3v) is 2.21. The van der Waals surface area contributed by atoms with Gasteiger partial charge >= 0.3 is 0 Å². The summed E-state index contributed by atoms with van der Waals surface area (Å²) in [4.78, 5) is 0. The molecular weight excluding hydrogens is 186 g/mol. The first-order valence-electron chi connectivity index (χ1n) is 4.64. The van der Waals surface area contributed by atoms with Gasteiger partial charge in [0.1, 0.15) is 0 Å². The zero-order chi connectivity index (χ0) is 10.7. The molecule has 0 aliphatic carbocycles. The second-order valence-electron chi connectivity index (χ2n) is 3.63. The minimum atomic E-state index is -0.833. The van der Waals surface area contributed by atoms with Crippen LogP contribution in [0.25, 0.3) is 0 Å². The zero-order valence-corrected chi connectivity index (χ0v) is 8.30. The highest BCUT2D eigenvalue weighted by Crippen LogP contribution is 2.24. The van der Waals surface area contributed by atoms with Crippen LogP contribution in [0.2, 0.25) is 0 Å². The number of benzene rings is 1. The maximum atomic E-state index is 13.2. The fourth-order valence-corrected chi connectivity index (χ4v) is 1.54. The highest BCUT2D eigenvalue weighted by molar-refractivity contribution is 5.22. The fraction of sp³-hybridized carbons (Fsp3) is 0.455. The van der Waals surface area contributed by atoms with Crippen LogP contribution in [-0.4, -0.2) is 11.2 Å². The SMILES string of the molecule is CC(O)CC(C)c1cccc(F)c1F. The summed E-state index contributed by atoms with van der Waals surface area (Å²) in [5.41, 5.74) is 0.325. The van der Waals surface area contributed by atoms with E-state index >= 15 is 0 Å². The van der Waals surface area contributed by atoms with E-state index in [-0.39, 0.29) is 5.92 Å². The lowest BCUT2D eigenvalue weighted by Gasteiger charge is -2.14. The van der Waals surface area contributed by atoms with Gasteiger partial charge in [-0.05, 0) is 30.9 Å². The van der Waals surface area contributed by atoms with Crippen LogP contribution < -0.4 is 0 Å². The molecule has 1 aromatic rings. The number of hydrogen-bond donors (Lipinski definition) is 1. The largest absolute Gasteiger partial charge is 0.393 e. The van der Waals surface area contributed by atoms with Crippen molar-refractivity contribution in [1.29, 1.82) is 0 Å². The van der Waals surface area contributed by atoms with Gasteiger partial charge in [-0.15, -0.1) is 0 Å². The Labute approximate surface area is 82.4 Å². The molecule has 0 aliphatic rings. The van der Waals surface area contributed by atoms with Crippen molar-refractivity contribution in [2.24, 2.45) is 0 Å². The van der Waals surface area contributed by atoms with Gasteiger partial charge in [-0.2, -0.15) is 0 Å². The molecule has 1 nitrogen and oxygen atoms in total. The van der Waals surface area contributed by atoms with E-state index in [1.165, 1.54) is 6.07 Å². The monoisotopic (exact) mass is 200 g/mol. The van der Waals surface area contributed by atoms with Crippen LogP contribution in [0.15, 0.2) is 18.2 Å². The Morgan fingerprint density at radius 1 is 1.29 bits per heavy atom. The predicted octanol–water partition coefficient (Wildman–Crippen LogP) is 2.84. The molecule has 0 saturated carbocycles. The van der Waals surface area contributed by atoms with Gasteiger partial charge in [0.25, 0.3) is 0 Å². The Balaban J connectivity index is 2.89.